The van der Waals surface area contributed by atoms with Gasteiger partial charge in [-0.1, -0.05) is 25.6 Å². The van der Waals surface area contributed by atoms with Crippen molar-refractivity contribution in [1.82, 2.24) is 9.55 Å². The van der Waals surface area contributed by atoms with Crippen LogP contribution in [0.5, 0.6) is 0 Å². The second-order valence-electron chi connectivity index (χ2n) is 5.56. The first-order valence-corrected chi connectivity index (χ1v) is 8.12. The molecule has 0 bridgehead atoms. The Bertz CT molecular complexity index is 531. The van der Waals surface area contributed by atoms with Crippen LogP contribution in [0.4, 0.5) is 0 Å². The molecule has 1 atom stereocenters. The van der Waals surface area contributed by atoms with Crippen LogP contribution in [0, 0.1) is 28.6 Å². The Kier molecular flexibility index (Phi) is 5.09. The SMILES string of the molecule is CC(C)c1cnc(SC[C@@H](C#N)CCC#N)n1C1CC1. The number of nitrogens with zero attached hydrogens (tertiary/aromatic N) is 4. The molecule has 1 aromatic rings. The standard InChI is InChI=1S/C15H20N4S/c1-11(2)14-9-18-15(19(14)13-5-6-13)20-10-12(8-17)4-3-7-16/h9,11-13H,3-6,10H2,1-2H3/t12-/m1/s1. The second kappa shape index (κ2) is 6.81. The van der Waals surface area contributed by atoms with Crippen LogP contribution in [0.2, 0.25) is 0 Å². The van der Waals surface area contributed by atoms with Crippen LogP contribution < -0.4 is 0 Å². The van der Waals surface area contributed by atoms with Gasteiger partial charge in [-0.25, -0.2) is 4.98 Å². The average molecular weight is 288 g/mol. The highest BCUT2D eigenvalue weighted by Crippen LogP contribution is 2.41. The van der Waals surface area contributed by atoms with E-state index < -0.39 is 0 Å². The highest BCUT2D eigenvalue weighted by Gasteiger charge is 2.29. The lowest BCUT2D eigenvalue weighted by atomic mass is 10.1. The summed E-state index contributed by atoms with van der Waals surface area (Å²) in [4.78, 5) is 4.54. The summed E-state index contributed by atoms with van der Waals surface area (Å²) in [6, 6.07) is 5.01. The van der Waals surface area contributed by atoms with E-state index in [2.05, 4.69) is 35.5 Å². The van der Waals surface area contributed by atoms with E-state index in [1.54, 1.807) is 11.8 Å². The highest BCUT2D eigenvalue weighted by molar-refractivity contribution is 7.99. The Labute approximate surface area is 124 Å². The molecule has 0 aliphatic heterocycles. The van der Waals surface area contributed by atoms with E-state index in [0.29, 0.717) is 24.8 Å². The maximum absolute atomic E-state index is 9.11. The Hall–Kier alpha value is -1.46. The quantitative estimate of drug-likeness (QED) is 0.714. The molecule has 1 aliphatic carbocycles. The maximum Gasteiger partial charge on any atom is 0.168 e. The molecule has 0 radical (unpaired) electrons. The van der Waals surface area contributed by atoms with Gasteiger partial charge in [-0.05, 0) is 25.2 Å². The molecule has 0 N–H and O–H groups in total. The summed E-state index contributed by atoms with van der Waals surface area (Å²) in [6.45, 7) is 4.38. The molecule has 0 aromatic carbocycles. The van der Waals surface area contributed by atoms with Crippen molar-refractivity contribution in [1.29, 1.82) is 10.5 Å². The number of nitriles is 2. The molecular weight excluding hydrogens is 268 g/mol. The van der Waals surface area contributed by atoms with Crippen LogP contribution in [-0.4, -0.2) is 15.3 Å². The first kappa shape index (κ1) is 14.9. The average Bonchev–Trinajstić information content (AvgIpc) is 3.18. The fourth-order valence-electron chi connectivity index (χ4n) is 2.19. The van der Waals surface area contributed by atoms with Gasteiger partial charge >= 0.3 is 0 Å². The predicted octanol–water partition coefficient (Wildman–Crippen LogP) is 3.88. The summed E-state index contributed by atoms with van der Waals surface area (Å²) in [7, 11) is 0. The van der Waals surface area contributed by atoms with Crippen molar-refractivity contribution in [3.63, 3.8) is 0 Å². The smallest absolute Gasteiger partial charge is 0.168 e. The van der Waals surface area contributed by atoms with Gasteiger partial charge in [0.15, 0.2) is 5.16 Å². The number of rotatable bonds is 7. The molecule has 1 aliphatic rings. The van der Waals surface area contributed by atoms with Gasteiger partial charge in [0.1, 0.15) is 0 Å². The van der Waals surface area contributed by atoms with Crippen molar-refractivity contribution in [2.75, 3.05) is 5.75 Å². The van der Waals surface area contributed by atoms with Crippen molar-refractivity contribution in [2.45, 2.75) is 56.6 Å². The topological polar surface area (TPSA) is 65.4 Å². The largest absolute Gasteiger partial charge is 0.320 e. The molecule has 5 heteroatoms. The summed E-state index contributed by atoms with van der Waals surface area (Å²) in [6.07, 6.45) is 5.55. The summed E-state index contributed by atoms with van der Waals surface area (Å²) >= 11 is 1.66. The van der Waals surface area contributed by atoms with Crippen molar-refractivity contribution in [3.05, 3.63) is 11.9 Å². The van der Waals surface area contributed by atoms with Gasteiger partial charge in [-0.15, -0.1) is 0 Å². The first-order chi connectivity index (χ1) is 9.67. The molecular formula is C15H20N4S. The molecule has 20 heavy (non-hydrogen) atoms. The van der Waals surface area contributed by atoms with E-state index >= 15 is 0 Å². The Morgan fingerprint density at radius 1 is 1.45 bits per heavy atom. The highest BCUT2D eigenvalue weighted by atomic mass is 32.2. The second-order valence-corrected chi connectivity index (χ2v) is 6.54. The summed E-state index contributed by atoms with van der Waals surface area (Å²) in [5, 5.41) is 18.8. The van der Waals surface area contributed by atoms with E-state index in [1.165, 1.54) is 18.5 Å². The fraction of sp³-hybridized carbons (Fsp3) is 0.667. The molecule has 4 nitrogen and oxygen atoms in total. The Morgan fingerprint density at radius 3 is 2.75 bits per heavy atom. The van der Waals surface area contributed by atoms with Crippen molar-refractivity contribution in [2.24, 2.45) is 5.92 Å². The van der Waals surface area contributed by atoms with Gasteiger partial charge in [0.25, 0.3) is 0 Å². The van der Waals surface area contributed by atoms with Gasteiger partial charge in [0.05, 0.1) is 18.1 Å². The summed E-state index contributed by atoms with van der Waals surface area (Å²) in [5.74, 6) is 1.13. The van der Waals surface area contributed by atoms with Crippen LogP contribution in [0.3, 0.4) is 0 Å². The zero-order valence-electron chi connectivity index (χ0n) is 12.0. The number of hydrogen-bond acceptors (Lipinski definition) is 4. The Balaban J connectivity index is 2.03. The van der Waals surface area contributed by atoms with Crippen LogP contribution in [-0.2, 0) is 0 Å². The van der Waals surface area contributed by atoms with Crippen molar-refractivity contribution < 1.29 is 0 Å². The first-order valence-electron chi connectivity index (χ1n) is 7.13. The monoisotopic (exact) mass is 288 g/mol. The molecule has 1 fully saturated rings. The van der Waals surface area contributed by atoms with Crippen molar-refractivity contribution in [3.8, 4) is 12.1 Å². The minimum Gasteiger partial charge on any atom is -0.320 e. The van der Waals surface area contributed by atoms with Crippen LogP contribution in [0.25, 0.3) is 0 Å². The molecule has 0 spiro atoms. The number of thioether (sulfide) groups is 1. The molecule has 0 saturated heterocycles. The molecule has 106 valence electrons. The van der Waals surface area contributed by atoms with E-state index in [-0.39, 0.29) is 5.92 Å². The lowest BCUT2D eigenvalue weighted by Crippen LogP contribution is -2.06. The lowest BCUT2D eigenvalue weighted by molar-refractivity contribution is 0.603. The van der Waals surface area contributed by atoms with Gasteiger partial charge in [0, 0.05) is 30.1 Å². The van der Waals surface area contributed by atoms with E-state index in [1.807, 2.05) is 6.20 Å². The van der Waals surface area contributed by atoms with Crippen LogP contribution >= 0.6 is 11.8 Å². The number of hydrogen-bond donors (Lipinski definition) is 0. The summed E-state index contributed by atoms with van der Waals surface area (Å²) in [5.41, 5.74) is 1.29. The van der Waals surface area contributed by atoms with Gasteiger partial charge in [-0.3, -0.25) is 0 Å². The minimum absolute atomic E-state index is 0.0634. The lowest BCUT2D eigenvalue weighted by Gasteiger charge is -2.13. The zero-order valence-corrected chi connectivity index (χ0v) is 12.9. The predicted molar refractivity (Wildman–Crippen MR) is 79.3 cm³/mol. The van der Waals surface area contributed by atoms with Crippen LogP contribution in [0.15, 0.2) is 11.4 Å². The normalized spacial score (nSPS) is 15.8. The molecule has 1 saturated carbocycles. The van der Waals surface area contributed by atoms with Crippen LogP contribution in [0.1, 0.15) is 57.2 Å². The number of imidazole rings is 1. The maximum atomic E-state index is 9.11. The number of aromatic nitrogens is 2. The van der Waals surface area contributed by atoms with Gasteiger partial charge in [0.2, 0.25) is 0 Å². The third kappa shape index (κ3) is 3.55. The molecule has 2 rings (SSSR count). The summed E-state index contributed by atoms with van der Waals surface area (Å²) < 4.78 is 2.36. The van der Waals surface area contributed by atoms with E-state index in [4.69, 9.17) is 10.5 Å². The molecule has 0 amide bonds. The van der Waals surface area contributed by atoms with Gasteiger partial charge in [-0.2, -0.15) is 10.5 Å². The van der Waals surface area contributed by atoms with Gasteiger partial charge < -0.3 is 4.57 Å². The van der Waals surface area contributed by atoms with E-state index in [0.717, 1.165) is 10.9 Å². The molecule has 1 heterocycles. The fourth-order valence-corrected chi connectivity index (χ4v) is 3.30. The molecule has 0 unspecified atom stereocenters. The Morgan fingerprint density at radius 2 is 2.20 bits per heavy atom. The minimum atomic E-state index is -0.0634. The zero-order chi connectivity index (χ0) is 14.5. The third-order valence-corrected chi connectivity index (χ3v) is 4.63. The van der Waals surface area contributed by atoms with E-state index in [9.17, 15) is 0 Å². The molecule has 1 aromatic heterocycles. The van der Waals surface area contributed by atoms with Crippen molar-refractivity contribution >= 4 is 11.8 Å². The third-order valence-electron chi connectivity index (χ3n) is 3.50.